The van der Waals surface area contributed by atoms with Crippen LogP contribution in [-0.2, 0) is 19.5 Å². The number of fused-ring (bicyclic) bond motifs is 1. The van der Waals surface area contributed by atoms with Gasteiger partial charge in [-0.1, -0.05) is 31.5 Å². The van der Waals surface area contributed by atoms with E-state index in [4.69, 9.17) is 16.6 Å². The predicted molar refractivity (Wildman–Crippen MR) is 142 cm³/mol. The zero-order chi connectivity index (χ0) is 23.2. The Morgan fingerprint density at radius 2 is 1.91 bits per heavy atom. The molecule has 2 aromatic carbocycles. The third-order valence-electron chi connectivity index (χ3n) is 6.20. The van der Waals surface area contributed by atoms with Crippen LogP contribution in [0.5, 0.6) is 0 Å². The van der Waals surface area contributed by atoms with Crippen LogP contribution in [0.4, 0.5) is 11.4 Å². The molecule has 0 unspecified atom stereocenters. The number of nitrogens with zero attached hydrogens (tertiary/aromatic N) is 2. The van der Waals surface area contributed by atoms with E-state index in [0.717, 1.165) is 31.0 Å². The minimum atomic E-state index is 0.628. The lowest BCUT2D eigenvalue weighted by molar-refractivity contribution is 0.360. The van der Waals surface area contributed by atoms with Gasteiger partial charge in [0.05, 0.1) is 12.8 Å². The molecule has 2 heterocycles. The lowest BCUT2D eigenvalue weighted by Gasteiger charge is -2.32. The third kappa shape index (κ3) is 6.17. The van der Waals surface area contributed by atoms with Gasteiger partial charge in [-0.15, -0.1) is 0 Å². The molecule has 0 bridgehead atoms. The average Bonchev–Trinajstić information content (AvgIpc) is 3.29. The van der Waals surface area contributed by atoms with Gasteiger partial charge >= 0.3 is 0 Å². The van der Waals surface area contributed by atoms with Gasteiger partial charge in [0.2, 0.25) is 0 Å². The molecule has 0 atom stereocenters. The van der Waals surface area contributed by atoms with E-state index in [-0.39, 0.29) is 0 Å². The summed E-state index contributed by atoms with van der Waals surface area (Å²) in [6, 6.07) is 17.3. The number of aryl methyl sites for hydroxylation is 3. The molecule has 0 spiro atoms. The van der Waals surface area contributed by atoms with E-state index in [2.05, 4.69) is 72.3 Å². The van der Waals surface area contributed by atoms with Gasteiger partial charge in [-0.3, -0.25) is 0 Å². The van der Waals surface area contributed by atoms with Crippen molar-refractivity contribution in [2.75, 3.05) is 23.3 Å². The molecular formula is C28H35N3OS. The second-order valence-electron chi connectivity index (χ2n) is 9.15. The third-order valence-corrected chi connectivity index (χ3v) is 6.56. The molecule has 4 rings (SSSR count). The number of hydrogen-bond donors (Lipinski definition) is 1. The minimum Gasteiger partial charge on any atom is -0.467 e. The van der Waals surface area contributed by atoms with Crippen molar-refractivity contribution in [3.63, 3.8) is 0 Å². The van der Waals surface area contributed by atoms with Crippen molar-refractivity contribution in [1.29, 1.82) is 0 Å². The molecule has 1 aliphatic rings. The maximum Gasteiger partial charge on any atom is 0.174 e. The van der Waals surface area contributed by atoms with E-state index in [1.807, 2.05) is 12.1 Å². The largest absolute Gasteiger partial charge is 0.467 e. The van der Waals surface area contributed by atoms with Crippen LogP contribution in [0, 0.1) is 13.8 Å². The van der Waals surface area contributed by atoms with Crippen molar-refractivity contribution in [1.82, 2.24) is 4.90 Å². The molecule has 0 saturated heterocycles. The molecule has 33 heavy (non-hydrogen) atoms. The topological polar surface area (TPSA) is 31.6 Å². The van der Waals surface area contributed by atoms with Gasteiger partial charge in [-0.25, -0.2) is 0 Å². The number of rotatable bonds is 8. The van der Waals surface area contributed by atoms with Gasteiger partial charge in [0.25, 0.3) is 0 Å². The summed E-state index contributed by atoms with van der Waals surface area (Å²) in [6.07, 6.45) is 6.57. The molecule has 3 aromatic rings. The lowest BCUT2D eigenvalue weighted by atomic mass is 9.98. The maximum atomic E-state index is 5.87. The Kier molecular flexibility index (Phi) is 7.71. The Morgan fingerprint density at radius 3 is 2.64 bits per heavy atom. The Morgan fingerprint density at radius 1 is 1.09 bits per heavy atom. The Balaban J connectivity index is 1.53. The summed E-state index contributed by atoms with van der Waals surface area (Å²) in [5, 5.41) is 4.16. The van der Waals surface area contributed by atoms with Crippen LogP contribution in [0.15, 0.2) is 59.2 Å². The van der Waals surface area contributed by atoms with Crippen molar-refractivity contribution in [3.05, 3.63) is 82.8 Å². The normalized spacial score (nSPS) is 13.0. The van der Waals surface area contributed by atoms with Crippen LogP contribution in [0.25, 0.3) is 0 Å². The summed E-state index contributed by atoms with van der Waals surface area (Å²) in [4.78, 5) is 4.74. The summed E-state index contributed by atoms with van der Waals surface area (Å²) >= 11 is 5.87. The van der Waals surface area contributed by atoms with E-state index in [1.54, 1.807) is 6.26 Å². The summed E-state index contributed by atoms with van der Waals surface area (Å²) in [7, 11) is 0. The molecule has 4 nitrogen and oxygen atoms in total. The fourth-order valence-corrected chi connectivity index (χ4v) is 4.91. The van der Waals surface area contributed by atoms with Crippen LogP contribution in [0.3, 0.4) is 0 Å². The molecule has 1 N–H and O–H groups in total. The number of unbranched alkanes of at least 4 members (excludes halogenated alkanes) is 1. The van der Waals surface area contributed by atoms with E-state index in [0.29, 0.717) is 11.7 Å². The first-order valence-electron chi connectivity index (χ1n) is 12.0. The Hall–Kier alpha value is -2.79. The smallest absolute Gasteiger partial charge is 0.174 e. The molecule has 0 aliphatic carbocycles. The first kappa shape index (κ1) is 23.4. The van der Waals surface area contributed by atoms with Crippen LogP contribution < -0.4 is 10.2 Å². The van der Waals surface area contributed by atoms with Crippen molar-refractivity contribution >= 4 is 28.7 Å². The highest BCUT2D eigenvalue weighted by molar-refractivity contribution is 7.80. The van der Waals surface area contributed by atoms with Gasteiger partial charge in [-0.2, -0.15) is 0 Å². The van der Waals surface area contributed by atoms with E-state index >= 15 is 0 Å². The highest BCUT2D eigenvalue weighted by Gasteiger charge is 2.19. The van der Waals surface area contributed by atoms with Gasteiger partial charge < -0.3 is 19.5 Å². The highest BCUT2D eigenvalue weighted by Crippen LogP contribution is 2.29. The first-order chi connectivity index (χ1) is 16.0. The summed E-state index contributed by atoms with van der Waals surface area (Å²) in [5.41, 5.74) is 7.62. The van der Waals surface area contributed by atoms with Gasteiger partial charge in [0.1, 0.15) is 5.76 Å². The maximum absolute atomic E-state index is 5.87. The SMILES string of the molecule is CCCCN1CCCc2cc(CN(Cc3ccco3)C(=S)Nc3cc(C)cc(C)c3)ccc21. The molecule has 0 saturated carbocycles. The number of benzene rings is 2. The van der Waals surface area contributed by atoms with Crippen molar-refractivity contribution in [2.24, 2.45) is 0 Å². The van der Waals surface area contributed by atoms with Crippen LogP contribution in [-0.4, -0.2) is 23.1 Å². The molecule has 0 radical (unpaired) electrons. The molecule has 174 valence electrons. The second-order valence-corrected chi connectivity index (χ2v) is 9.54. The van der Waals surface area contributed by atoms with Crippen LogP contribution >= 0.6 is 12.2 Å². The second kappa shape index (κ2) is 10.9. The fraction of sp³-hybridized carbons (Fsp3) is 0.393. The number of thiocarbonyl (C=S) groups is 1. The number of furan rings is 1. The van der Waals surface area contributed by atoms with E-state index in [1.165, 1.54) is 53.7 Å². The standard InChI is InChI=1S/C28H35N3OS/c1-4-5-12-30-13-6-8-24-18-23(10-11-27(24)30)19-31(20-26-9-7-14-32-26)28(33)29-25-16-21(2)15-22(3)17-25/h7,9-11,14-18H,4-6,8,12-13,19-20H2,1-3H3,(H,29,33). The Labute approximate surface area is 203 Å². The molecule has 5 heteroatoms. The summed E-state index contributed by atoms with van der Waals surface area (Å²) < 4.78 is 5.65. The number of nitrogens with one attached hydrogen (secondary N) is 1. The van der Waals surface area contributed by atoms with Crippen LogP contribution in [0.1, 0.15) is 54.2 Å². The fourth-order valence-electron chi connectivity index (χ4n) is 4.67. The number of anilines is 2. The van der Waals surface area contributed by atoms with Crippen molar-refractivity contribution in [2.45, 2.75) is 59.5 Å². The first-order valence-corrected chi connectivity index (χ1v) is 12.5. The number of hydrogen-bond acceptors (Lipinski definition) is 3. The highest BCUT2D eigenvalue weighted by atomic mass is 32.1. The molecule has 0 fully saturated rings. The monoisotopic (exact) mass is 461 g/mol. The predicted octanol–water partition coefficient (Wildman–Crippen LogP) is 6.85. The molecule has 1 aromatic heterocycles. The molecule has 1 aliphatic heterocycles. The van der Waals surface area contributed by atoms with Gasteiger partial charge in [-0.05, 0) is 97.9 Å². The quantitative estimate of drug-likeness (QED) is 0.371. The molecule has 0 amide bonds. The van der Waals surface area contributed by atoms with Crippen molar-refractivity contribution in [3.8, 4) is 0 Å². The van der Waals surface area contributed by atoms with Gasteiger partial charge in [0.15, 0.2) is 5.11 Å². The minimum absolute atomic E-state index is 0.628. The zero-order valence-corrected chi connectivity index (χ0v) is 20.9. The van der Waals surface area contributed by atoms with Crippen molar-refractivity contribution < 1.29 is 4.42 Å². The summed E-state index contributed by atoms with van der Waals surface area (Å²) in [5.74, 6) is 0.906. The van der Waals surface area contributed by atoms with E-state index < -0.39 is 0 Å². The van der Waals surface area contributed by atoms with E-state index in [9.17, 15) is 0 Å². The Bertz CT molecular complexity index is 1060. The van der Waals surface area contributed by atoms with Crippen LogP contribution in [0.2, 0.25) is 0 Å². The lowest BCUT2D eigenvalue weighted by Crippen LogP contribution is -2.34. The summed E-state index contributed by atoms with van der Waals surface area (Å²) in [6.45, 7) is 10.2. The van der Waals surface area contributed by atoms with Gasteiger partial charge in [0, 0.05) is 31.0 Å². The zero-order valence-electron chi connectivity index (χ0n) is 20.1. The average molecular weight is 462 g/mol. The molecular weight excluding hydrogens is 426 g/mol.